The molecule has 6 heteroatoms. The third-order valence-electron chi connectivity index (χ3n) is 4.30. The van der Waals surface area contributed by atoms with Crippen LogP contribution in [0.4, 0.5) is 0 Å². The van der Waals surface area contributed by atoms with Crippen LogP contribution in [-0.2, 0) is 14.3 Å². The number of nitrogens with one attached hydrogen (secondary N) is 2. The highest BCUT2D eigenvalue weighted by molar-refractivity contribution is 6.00. The van der Waals surface area contributed by atoms with Gasteiger partial charge in [0.05, 0.1) is 12.5 Å². The highest BCUT2D eigenvalue weighted by Gasteiger charge is 2.21. The lowest BCUT2D eigenvalue weighted by Gasteiger charge is -2.19. The number of hydrogen-bond donors (Lipinski definition) is 2. The topological polar surface area (TPSA) is 79.8 Å². The second-order valence-corrected chi connectivity index (χ2v) is 6.27. The van der Waals surface area contributed by atoms with E-state index in [0.717, 1.165) is 45.1 Å². The number of carbonyl (C=O) groups is 2. The van der Waals surface area contributed by atoms with E-state index in [4.69, 9.17) is 4.74 Å². The highest BCUT2D eigenvalue weighted by Crippen LogP contribution is 2.23. The van der Waals surface area contributed by atoms with Crippen molar-refractivity contribution < 1.29 is 14.3 Å². The highest BCUT2D eigenvalue weighted by atomic mass is 16.5. The van der Waals surface area contributed by atoms with E-state index < -0.39 is 0 Å². The second-order valence-electron chi connectivity index (χ2n) is 6.27. The van der Waals surface area contributed by atoms with E-state index in [0.29, 0.717) is 12.3 Å². The smallest absolute Gasteiger partial charge is 0.243 e. The van der Waals surface area contributed by atoms with Gasteiger partial charge in [-0.3, -0.25) is 9.59 Å². The van der Waals surface area contributed by atoms with Crippen molar-refractivity contribution in [2.45, 2.75) is 64.4 Å². The van der Waals surface area contributed by atoms with Gasteiger partial charge >= 0.3 is 0 Å². The molecular formula is C16H27N3O3. The van der Waals surface area contributed by atoms with Gasteiger partial charge in [0.15, 0.2) is 0 Å². The molecule has 1 aliphatic carbocycles. The monoisotopic (exact) mass is 309 g/mol. The molecule has 0 spiro atoms. The SMILES string of the molecule is C/C(CC(=O)NC[C@@H]1CCCO1)=N/NC(=O)C1CCCCC1. The summed E-state index contributed by atoms with van der Waals surface area (Å²) in [5, 5.41) is 6.89. The Kier molecular flexibility index (Phi) is 6.83. The lowest BCUT2D eigenvalue weighted by molar-refractivity contribution is -0.126. The van der Waals surface area contributed by atoms with Gasteiger partial charge in [-0.05, 0) is 32.6 Å². The number of ether oxygens (including phenoxy) is 1. The Morgan fingerprint density at radius 1 is 1.14 bits per heavy atom. The fraction of sp³-hybridized carbons (Fsp3) is 0.812. The molecular weight excluding hydrogens is 282 g/mol. The molecule has 0 aromatic heterocycles. The Hall–Kier alpha value is -1.43. The summed E-state index contributed by atoms with van der Waals surface area (Å²) in [5.74, 6) is -0.0129. The molecule has 2 fully saturated rings. The van der Waals surface area contributed by atoms with Crippen LogP contribution in [-0.4, -0.2) is 36.8 Å². The second kappa shape index (κ2) is 8.88. The van der Waals surface area contributed by atoms with Crippen molar-refractivity contribution in [3.63, 3.8) is 0 Å². The Morgan fingerprint density at radius 3 is 2.59 bits per heavy atom. The number of rotatable bonds is 6. The predicted molar refractivity (Wildman–Crippen MR) is 84.4 cm³/mol. The van der Waals surface area contributed by atoms with E-state index in [9.17, 15) is 9.59 Å². The van der Waals surface area contributed by atoms with Crippen LogP contribution < -0.4 is 10.7 Å². The largest absolute Gasteiger partial charge is 0.376 e. The molecule has 6 nitrogen and oxygen atoms in total. The van der Waals surface area contributed by atoms with Crippen molar-refractivity contribution in [1.29, 1.82) is 0 Å². The van der Waals surface area contributed by atoms with Crippen LogP contribution in [0.5, 0.6) is 0 Å². The molecule has 1 atom stereocenters. The maximum absolute atomic E-state index is 12.0. The molecule has 2 rings (SSSR count). The molecule has 1 saturated carbocycles. The number of nitrogens with zero attached hydrogens (tertiary/aromatic N) is 1. The van der Waals surface area contributed by atoms with E-state index >= 15 is 0 Å². The summed E-state index contributed by atoms with van der Waals surface area (Å²) in [6, 6.07) is 0. The number of amides is 2. The molecule has 0 aromatic rings. The molecule has 2 amide bonds. The molecule has 0 radical (unpaired) electrons. The third kappa shape index (κ3) is 5.75. The lowest BCUT2D eigenvalue weighted by Crippen LogP contribution is -2.33. The molecule has 2 N–H and O–H groups in total. The van der Waals surface area contributed by atoms with Gasteiger partial charge in [0.25, 0.3) is 0 Å². The first kappa shape index (κ1) is 16.9. The average molecular weight is 309 g/mol. The fourth-order valence-corrected chi connectivity index (χ4v) is 2.97. The van der Waals surface area contributed by atoms with Crippen LogP contribution in [0.15, 0.2) is 5.10 Å². The molecule has 0 aromatic carbocycles. The molecule has 22 heavy (non-hydrogen) atoms. The van der Waals surface area contributed by atoms with Crippen LogP contribution in [0.3, 0.4) is 0 Å². The zero-order valence-corrected chi connectivity index (χ0v) is 13.4. The van der Waals surface area contributed by atoms with Crippen molar-refractivity contribution in [2.75, 3.05) is 13.2 Å². The van der Waals surface area contributed by atoms with Crippen LogP contribution in [0, 0.1) is 5.92 Å². The van der Waals surface area contributed by atoms with Crippen molar-refractivity contribution in [3.05, 3.63) is 0 Å². The van der Waals surface area contributed by atoms with Gasteiger partial charge in [-0.25, -0.2) is 5.43 Å². The summed E-state index contributed by atoms with van der Waals surface area (Å²) in [5.41, 5.74) is 3.22. The van der Waals surface area contributed by atoms with Gasteiger partial charge in [-0.15, -0.1) is 0 Å². The predicted octanol–water partition coefficient (Wildman–Crippen LogP) is 1.74. The van der Waals surface area contributed by atoms with E-state index in [1.807, 2.05) is 0 Å². The van der Waals surface area contributed by atoms with Gasteiger partial charge in [-0.2, -0.15) is 5.10 Å². The normalized spacial score (nSPS) is 23.3. The van der Waals surface area contributed by atoms with Crippen molar-refractivity contribution in [3.8, 4) is 0 Å². The van der Waals surface area contributed by atoms with Gasteiger partial charge in [-0.1, -0.05) is 19.3 Å². The average Bonchev–Trinajstić information content (AvgIpc) is 3.05. The quantitative estimate of drug-likeness (QED) is 0.579. The lowest BCUT2D eigenvalue weighted by atomic mass is 9.89. The molecule has 1 heterocycles. The van der Waals surface area contributed by atoms with Crippen LogP contribution >= 0.6 is 0 Å². The summed E-state index contributed by atoms with van der Waals surface area (Å²) in [4.78, 5) is 23.7. The number of carbonyl (C=O) groups excluding carboxylic acids is 2. The Morgan fingerprint density at radius 2 is 1.91 bits per heavy atom. The maximum Gasteiger partial charge on any atom is 0.243 e. The van der Waals surface area contributed by atoms with E-state index in [1.54, 1.807) is 6.92 Å². The molecule has 2 aliphatic rings. The summed E-state index contributed by atoms with van der Waals surface area (Å²) in [6.45, 7) is 3.10. The van der Waals surface area contributed by atoms with Gasteiger partial charge in [0.2, 0.25) is 11.8 Å². The minimum Gasteiger partial charge on any atom is -0.376 e. The molecule has 1 aliphatic heterocycles. The summed E-state index contributed by atoms with van der Waals surface area (Å²) in [6.07, 6.45) is 7.77. The number of hydrogen-bond acceptors (Lipinski definition) is 4. The van der Waals surface area contributed by atoms with Gasteiger partial charge in [0, 0.05) is 24.8 Å². The first-order chi connectivity index (χ1) is 10.6. The summed E-state index contributed by atoms with van der Waals surface area (Å²) in [7, 11) is 0. The van der Waals surface area contributed by atoms with Crippen molar-refractivity contribution >= 4 is 17.5 Å². The van der Waals surface area contributed by atoms with Gasteiger partial charge in [0.1, 0.15) is 0 Å². The first-order valence-electron chi connectivity index (χ1n) is 8.36. The Bertz CT molecular complexity index is 411. The van der Waals surface area contributed by atoms with Crippen LogP contribution in [0.2, 0.25) is 0 Å². The molecule has 0 unspecified atom stereocenters. The summed E-state index contributed by atoms with van der Waals surface area (Å²) < 4.78 is 5.45. The zero-order valence-electron chi connectivity index (χ0n) is 13.4. The standard InChI is InChI=1S/C16H27N3O3/c1-12(10-15(20)17-11-14-8-5-9-22-14)18-19-16(21)13-6-3-2-4-7-13/h13-14H,2-11H2,1H3,(H,17,20)(H,19,21)/b18-12-/t14-/m0/s1. The minimum absolute atomic E-state index is 0.0150. The molecule has 1 saturated heterocycles. The third-order valence-corrected chi connectivity index (χ3v) is 4.30. The Labute approximate surface area is 132 Å². The van der Waals surface area contributed by atoms with E-state index in [-0.39, 0.29) is 30.3 Å². The Balaban J connectivity index is 1.65. The molecule has 124 valence electrons. The van der Waals surface area contributed by atoms with Crippen LogP contribution in [0.25, 0.3) is 0 Å². The van der Waals surface area contributed by atoms with E-state index in [1.165, 1.54) is 6.42 Å². The van der Waals surface area contributed by atoms with Gasteiger partial charge < -0.3 is 10.1 Å². The van der Waals surface area contributed by atoms with E-state index in [2.05, 4.69) is 15.8 Å². The summed E-state index contributed by atoms with van der Waals surface area (Å²) >= 11 is 0. The maximum atomic E-state index is 12.0. The number of hydrazone groups is 1. The fourth-order valence-electron chi connectivity index (χ4n) is 2.97. The van der Waals surface area contributed by atoms with Crippen molar-refractivity contribution in [2.24, 2.45) is 11.0 Å². The molecule has 0 bridgehead atoms. The van der Waals surface area contributed by atoms with Crippen LogP contribution in [0.1, 0.15) is 58.3 Å². The van der Waals surface area contributed by atoms with Crippen molar-refractivity contribution in [1.82, 2.24) is 10.7 Å². The first-order valence-corrected chi connectivity index (χ1v) is 8.36. The minimum atomic E-state index is -0.0799. The zero-order chi connectivity index (χ0) is 15.8.